The van der Waals surface area contributed by atoms with Gasteiger partial charge in [-0.3, -0.25) is 0 Å². The van der Waals surface area contributed by atoms with E-state index in [9.17, 15) is 13.2 Å². The van der Waals surface area contributed by atoms with E-state index in [0.29, 0.717) is 13.1 Å². The van der Waals surface area contributed by atoms with Gasteiger partial charge in [0.1, 0.15) is 6.61 Å². The van der Waals surface area contributed by atoms with Gasteiger partial charge in [-0.2, -0.15) is 13.2 Å². The minimum atomic E-state index is -4.25. The molecule has 106 valence electrons. The molecule has 0 bridgehead atoms. The molecule has 0 amide bonds. The molecule has 0 atom stereocenters. The van der Waals surface area contributed by atoms with Crippen LogP contribution in [0.15, 0.2) is 18.2 Å². The Morgan fingerprint density at radius 2 is 2.16 bits per heavy atom. The number of alkyl halides is 3. The van der Waals surface area contributed by atoms with Gasteiger partial charge in [0.2, 0.25) is 0 Å². The molecule has 0 saturated heterocycles. The second-order valence-electron chi connectivity index (χ2n) is 4.47. The largest absolute Gasteiger partial charge is 0.411 e. The van der Waals surface area contributed by atoms with Crippen LogP contribution in [0, 0.1) is 0 Å². The van der Waals surface area contributed by atoms with Crippen molar-refractivity contribution in [1.29, 1.82) is 0 Å². The fourth-order valence-electron chi connectivity index (χ4n) is 2.11. The highest BCUT2D eigenvalue weighted by atomic mass is 19.4. The number of ether oxygens (including phenoxy) is 1. The lowest BCUT2D eigenvalue weighted by molar-refractivity contribution is -0.173. The van der Waals surface area contributed by atoms with Gasteiger partial charge in [-0.25, -0.2) is 0 Å². The van der Waals surface area contributed by atoms with Crippen LogP contribution in [0.3, 0.4) is 0 Å². The van der Waals surface area contributed by atoms with Crippen molar-refractivity contribution in [1.82, 2.24) is 5.32 Å². The summed E-state index contributed by atoms with van der Waals surface area (Å²) in [5.41, 5.74) is 3.60. The number of hydrogen-bond donors (Lipinski definition) is 2. The van der Waals surface area contributed by atoms with Crippen molar-refractivity contribution in [3.63, 3.8) is 0 Å². The fourth-order valence-corrected chi connectivity index (χ4v) is 2.11. The Labute approximate surface area is 110 Å². The average Bonchev–Trinajstić information content (AvgIpc) is 2.81. The summed E-state index contributed by atoms with van der Waals surface area (Å²) in [6.07, 6.45) is -3.22. The van der Waals surface area contributed by atoms with E-state index in [1.807, 2.05) is 12.1 Å². The predicted octanol–water partition coefficient (Wildman–Crippen LogP) is 2.32. The molecule has 1 aliphatic heterocycles. The quantitative estimate of drug-likeness (QED) is 0.781. The van der Waals surface area contributed by atoms with Crippen molar-refractivity contribution in [3.8, 4) is 0 Å². The molecule has 1 heterocycles. The van der Waals surface area contributed by atoms with Gasteiger partial charge in [0.25, 0.3) is 0 Å². The van der Waals surface area contributed by atoms with Gasteiger partial charge in [-0.05, 0) is 17.5 Å². The molecule has 2 N–H and O–H groups in total. The lowest BCUT2D eigenvalue weighted by Gasteiger charge is -2.11. The van der Waals surface area contributed by atoms with Crippen molar-refractivity contribution in [3.05, 3.63) is 29.3 Å². The minimum absolute atomic E-state index is 0.0575. The molecular formula is C13H17F3N2O. The predicted molar refractivity (Wildman–Crippen MR) is 67.2 cm³/mol. The van der Waals surface area contributed by atoms with Crippen LogP contribution < -0.4 is 10.6 Å². The minimum Gasteiger partial charge on any atom is -0.384 e. The zero-order valence-corrected chi connectivity index (χ0v) is 10.5. The van der Waals surface area contributed by atoms with Gasteiger partial charge in [0.05, 0.1) is 6.61 Å². The number of halogens is 3. The molecule has 1 aromatic rings. The average molecular weight is 274 g/mol. The van der Waals surface area contributed by atoms with Crippen molar-refractivity contribution < 1.29 is 17.9 Å². The molecule has 0 aliphatic carbocycles. The van der Waals surface area contributed by atoms with Gasteiger partial charge in [0, 0.05) is 25.3 Å². The van der Waals surface area contributed by atoms with Crippen LogP contribution >= 0.6 is 0 Å². The maximum Gasteiger partial charge on any atom is 0.411 e. The molecule has 0 radical (unpaired) electrons. The summed E-state index contributed by atoms with van der Waals surface area (Å²) in [5.74, 6) is 0. The van der Waals surface area contributed by atoms with E-state index in [4.69, 9.17) is 0 Å². The second-order valence-corrected chi connectivity index (χ2v) is 4.47. The molecule has 19 heavy (non-hydrogen) atoms. The summed E-state index contributed by atoms with van der Waals surface area (Å²) < 4.78 is 40.0. The Kier molecular flexibility index (Phi) is 4.66. The first-order valence-electron chi connectivity index (χ1n) is 6.26. The van der Waals surface area contributed by atoms with Crippen molar-refractivity contribution in [2.24, 2.45) is 0 Å². The summed E-state index contributed by atoms with van der Waals surface area (Å²) in [4.78, 5) is 0. The SMILES string of the molecule is FC(F)(F)COCCNCc1cccc2c1NCC2. The molecule has 2 rings (SSSR count). The Bertz CT molecular complexity index is 421. The number of fused-ring (bicyclic) bond motifs is 1. The lowest BCUT2D eigenvalue weighted by atomic mass is 10.1. The molecule has 0 aromatic heterocycles. The Morgan fingerprint density at radius 3 is 2.95 bits per heavy atom. The number of hydrogen-bond acceptors (Lipinski definition) is 3. The van der Waals surface area contributed by atoms with E-state index in [1.165, 1.54) is 5.56 Å². The van der Waals surface area contributed by atoms with E-state index in [0.717, 1.165) is 24.2 Å². The van der Waals surface area contributed by atoms with E-state index in [-0.39, 0.29) is 6.61 Å². The number of rotatable bonds is 6. The van der Waals surface area contributed by atoms with Gasteiger partial charge >= 0.3 is 6.18 Å². The summed E-state index contributed by atoms with van der Waals surface area (Å²) in [6, 6.07) is 6.11. The second kappa shape index (κ2) is 6.25. The first kappa shape index (κ1) is 14.1. The molecule has 0 unspecified atom stereocenters. The molecule has 1 aromatic carbocycles. The van der Waals surface area contributed by atoms with Crippen LogP contribution in [0.25, 0.3) is 0 Å². The van der Waals surface area contributed by atoms with Gasteiger partial charge in [0.15, 0.2) is 0 Å². The van der Waals surface area contributed by atoms with Crippen LogP contribution in [-0.2, 0) is 17.7 Å². The molecule has 0 fully saturated rings. The Hall–Kier alpha value is -1.27. The van der Waals surface area contributed by atoms with Crippen molar-refractivity contribution >= 4 is 5.69 Å². The van der Waals surface area contributed by atoms with Gasteiger partial charge in [-0.15, -0.1) is 0 Å². The van der Waals surface area contributed by atoms with Crippen LogP contribution in [0.2, 0.25) is 0 Å². The van der Waals surface area contributed by atoms with Crippen LogP contribution in [0.4, 0.5) is 18.9 Å². The third-order valence-electron chi connectivity index (χ3n) is 2.94. The Morgan fingerprint density at radius 1 is 1.32 bits per heavy atom. The maximum atomic E-state index is 11.8. The van der Waals surface area contributed by atoms with Crippen LogP contribution in [-0.4, -0.2) is 32.5 Å². The van der Waals surface area contributed by atoms with Crippen molar-refractivity contribution in [2.45, 2.75) is 19.1 Å². The first-order valence-corrected chi connectivity index (χ1v) is 6.26. The number of anilines is 1. The van der Waals surface area contributed by atoms with Gasteiger partial charge in [-0.1, -0.05) is 18.2 Å². The topological polar surface area (TPSA) is 33.3 Å². The maximum absolute atomic E-state index is 11.8. The lowest BCUT2D eigenvalue weighted by Crippen LogP contribution is -2.23. The van der Waals surface area contributed by atoms with E-state index >= 15 is 0 Å². The normalized spacial score (nSPS) is 14.3. The van der Waals surface area contributed by atoms with E-state index < -0.39 is 12.8 Å². The monoisotopic (exact) mass is 274 g/mol. The molecule has 3 nitrogen and oxygen atoms in total. The fraction of sp³-hybridized carbons (Fsp3) is 0.538. The highest BCUT2D eigenvalue weighted by molar-refractivity contribution is 5.61. The molecule has 1 aliphatic rings. The summed E-state index contributed by atoms with van der Waals surface area (Å²) in [7, 11) is 0. The van der Waals surface area contributed by atoms with E-state index in [2.05, 4.69) is 21.4 Å². The highest BCUT2D eigenvalue weighted by Gasteiger charge is 2.27. The summed E-state index contributed by atoms with van der Waals surface area (Å²) in [5, 5.41) is 6.41. The van der Waals surface area contributed by atoms with Crippen LogP contribution in [0.5, 0.6) is 0 Å². The van der Waals surface area contributed by atoms with Crippen molar-refractivity contribution in [2.75, 3.05) is 31.6 Å². The summed E-state index contributed by atoms with van der Waals surface area (Å²) in [6.45, 7) is 0.852. The van der Waals surface area contributed by atoms with Gasteiger partial charge < -0.3 is 15.4 Å². The molecule has 0 spiro atoms. The standard InChI is InChI=1S/C13H17F3N2O/c14-13(15,16)9-19-7-6-17-8-11-3-1-2-10-4-5-18-12(10)11/h1-3,17-18H,4-9H2. The third-order valence-corrected chi connectivity index (χ3v) is 2.94. The zero-order valence-electron chi connectivity index (χ0n) is 10.5. The summed E-state index contributed by atoms with van der Waals surface area (Å²) >= 11 is 0. The van der Waals surface area contributed by atoms with Crippen LogP contribution in [0.1, 0.15) is 11.1 Å². The van der Waals surface area contributed by atoms with E-state index in [1.54, 1.807) is 0 Å². The number of benzene rings is 1. The number of nitrogens with one attached hydrogen (secondary N) is 2. The smallest absolute Gasteiger partial charge is 0.384 e. The molecular weight excluding hydrogens is 257 g/mol. The highest BCUT2D eigenvalue weighted by Crippen LogP contribution is 2.26. The zero-order chi connectivity index (χ0) is 13.7. The third kappa shape index (κ3) is 4.40. The number of para-hydroxylation sites is 1. The molecule has 6 heteroatoms. The Balaban J connectivity index is 1.68. The molecule has 0 saturated carbocycles. The first-order chi connectivity index (χ1) is 9.06.